The molecule has 1 saturated heterocycles. The molecule has 3 N–H and O–H groups in total. The summed E-state index contributed by atoms with van der Waals surface area (Å²) in [6.45, 7) is 4.00. The Balaban J connectivity index is 1.75. The number of hydrogen-bond donors (Lipinski definition) is 2. The van der Waals surface area contributed by atoms with Crippen LogP contribution in [-0.2, 0) is 16.4 Å². The molecule has 1 aromatic carbocycles. The third-order valence-electron chi connectivity index (χ3n) is 6.03. The molecule has 0 unspecified atom stereocenters. The molecule has 0 saturated carbocycles. The second-order valence-corrected chi connectivity index (χ2v) is 11.4. The summed E-state index contributed by atoms with van der Waals surface area (Å²) in [5.74, 6) is 0.119. The summed E-state index contributed by atoms with van der Waals surface area (Å²) in [7, 11) is -0.839. The maximum Gasteiger partial charge on any atom is 0.250 e. The van der Waals surface area contributed by atoms with Crippen LogP contribution in [0.15, 0.2) is 29.8 Å². The zero-order valence-corrected chi connectivity index (χ0v) is 18.9. The Morgan fingerprint density at radius 2 is 1.97 bits per heavy atom. The fourth-order valence-electron chi connectivity index (χ4n) is 4.15. The van der Waals surface area contributed by atoms with Crippen LogP contribution in [0.5, 0.6) is 0 Å². The highest BCUT2D eigenvalue weighted by atomic mass is 32.2. The first-order chi connectivity index (χ1) is 14.3. The lowest BCUT2D eigenvalue weighted by atomic mass is 9.91. The number of sulfone groups is 1. The van der Waals surface area contributed by atoms with Crippen LogP contribution in [-0.4, -0.2) is 49.3 Å². The van der Waals surface area contributed by atoms with E-state index in [0.29, 0.717) is 18.4 Å². The summed E-state index contributed by atoms with van der Waals surface area (Å²) < 4.78 is 23.7. The summed E-state index contributed by atoms with van der Waals surface area (Å²) in [6, 6.07) is 6.13. The summed E-state index contributed by atoms with van der Waals surface area (Å²) in [5.41, 5.74) is 10.0. The molecular formula is C22H27N3O3S2. The highest BCUT2D eigenvalue weighted by molar-refractivity contribution is 7.91. The van der Waals surface area contributed by atoms with Gasteiger partial charge in [0.25, 0.3) is 5.91 Å². The first kappa shape index (κ1) is 21.1. The van der Waals surface area contributed by atoms with E-state index in [1.165, 1.54) is 4.88 Å². The molecule has 1 aliphatic heterocycles. The Morgan fingerprint density at radius 3 is 2.63 bits per heavy atom. The van der Waals surface area contributed by atoms with Crippen LogP contribution < -0.4 is 5.73 Å². The van der Waals surface area contributed by atoms with Crippen molar-refractivity contribution in [3.8, 4) is 11.1 Å². The van der Waals surface area contributed by atoms with Crippen molar-refractivity contribution in [3.63, 3.8) is 0 Å². The minimum atomic E-state index is -2.93. The number of benzene rings is 1. The van der Waals surface area contributed by atoms with Gasteiger partial charge in [0, 0.05) is 23.0 Å². The number of fused-ring (bicyclic) bond motifs is 1. The average Bonchev–Trinajstić information content (AvgIpc) is 3.34. The fraction of sp³-hybridized carbons (Fsp3) is 0.409. The van der Waals surface area contributed by atoms with Crippen molar-refractivity contribution >= 4 is 38.0 Å². The van der Waals surface area contributed by atoms with Gasteiger partial charge in [0.05, 0.1) is 22.6 Å². The number of aromatic nitrogens is 1. The predicted molar refractivity (Wildman–Crippen MR) is 123 cm³/mol. The van der Waals surface area contributed by atoms with E-state index < -0.39 is 15.7 Å². The van der Waals surface area contributed by atoms with Gasteiger partial charge in [-0.2, -0.15) is 0 Å². The molecule has 2 aromatic heterocycles. The number of carbonyl (C=O) groups is 1. The molecule has 0 spiro atoms. The molecule has 6 nitrogen and oxygen atoms in total. The van der Waals surface area contributed by atoms with Crippen molar-refractivity contribution in [3.05, 3.63) is 45.8 Å². The van der Waals surface area contributed by atoms with Crippen LogP contribution in [0.4, 0.5) is 0 Å². The molecule has 0 radical (unpaired) electrons. The number of thiophene rings is 1. The number of aromatic amines is 1. The lowest BCUT2D eigenvalue weighted by Crippen LogP contribution is -2.22. The number of nitrogens with zero attached hydrogens (tertiary/aromatic N) is 1. The monoisotopic (exact) mass is 445 g/mol. The molecule has 160 valence electrons. The minimum Gasteiger partial charge on any atom is -0.366 e. The number of nitrogens with one attached hydrogen (secondary N) is 1. The van der Waals surface area contributed by atoms with E-state index in [1.54, 1.807) is 11.3 Å². The molecule has 4 rings (SSSR count). The van der Waals surface area contributed by atoms with Crippen LogP contribution in [0.3, 0.4) is 0 Å². The predicted octanol–water partition coefficient (Wildman–Crippen LogP) is 3.74. The summed E-state index contributed by atoms with van der Waals surface area (Å²) in [6.07, 6.45) is 3.13. The molecule has 0 atom stereocenters. The Kier molecular flexibility index (Phi) is 5.74. The van der Waals surface area contributed by atoms with E-state index in [0.717, 1.165) is 40.7 Å². The van der Waals surface area contributed by atoms with Gasteiger partial charge in [-0.3, -0.25) is 4.79 Å². The molecule has 1 aliphatic rings. The lowest BCUT2D eigenvalue weighted by molar-refractivity contribution is 0.100. The molecule has 0 bridgehead atoms. The number of rotatable bonds is 6. The Hall–Kier alpha value is -2.16. The van der Waals surface area contributed by atoms with Gasteiger partial charge in [-0.1, -0.05) is 6.92 Å². The maximum absolute atomic E-state index is 12.2. The van der Waals surface area contributed by atoms with Crippen molar-refractivity contribution in [1.82, 2.24) is 9.88 Å². The van der Waals surface area contributed by atoms with Crippen LogP contribution >= 0.6 is 11.3 Å². The molecule has 0 aliphatic carbocycles. The number of carbonyl (C=O) groups excluding carboxylic acids is 1. The number of hydrogen-bond acceptors (Lipinski definition) is 5. The number of primary amides is 1. The fourth-order valence-corrected chi connectivity index (χ4v) is 6.61. The number of nitrogens with two attached hydrogens (primary N) is 1. The van der Waals surface area contributed by atoms with Crippen molar-refractivity contribution in [2.45, 2.75) is 32.2 Å². The second-order valence-electron chi connectivity index (χ2n) is 8.11. The number of H-pyrrole nitrogens is 1. The number of amides is 1. The molecule has 8 heteroatoms. The summed E-state index contributed by atoms with van der Waals surface area (Å²) in [5, 5.41) is 3.08. The summed E-state index contributed by atoms with van der Waals surface area (Å²) in [4.78, 5) is 18.9. The van der Waals surface area contributed by atoms with Crippen LogP contribution in [0.2, 0.25) is 0 Å². The highest BCUT2D eigenvalue weighted by Crippen LogP contribution is 2.38. The van der Waals surface area contributed by atoms with Gasteiger partial charge in [0.2, 0.25) is 0 Å². The first-order valence-corrected chi connectivity index (χ1v) is 12.9. The zero-order valence-electron chi connectivity index (χ0n) is 17.3. The second kappa shape index (κ2) is 8.17. The van der Waals surface area contributed by atoms with E-state index in [4.69, 9.17) is 5.73 Å². The smallest absolute Gasteiger partial charge is 0.250 e. The quantitative estimate of drug-likeness (QED) is 0.604. The van der Waals surface area contributed by atoms with Gasteiger partial charge in [0.1, 0.15) is 9.84 Å². The molecular weight excluding hydrogens is 418 g/mol. The molecule has 1 amide bonds. The lowest BCUT2D eigenvalue weighted by Gasteiger charge is -2.21. The summed E-state index contributed by atoms with van der Waals surface area (Å²) >= 11 is 1.71. The largest absolute Gasteiger partial charge is 0.366 e. The van der Waals surface area contributed by atoms with E-state index in [2.05, 4.69) is 41.4 Å². The molecule has 3 aromatic rings. The van der Waals surface area contributed by atoms with Gasteiger partial charge < -0.3 is 15.6 Å². The minimum absolute atomic E-state index is 0.162. The maximum atomic E-state index is 12.2. The average molecular weight is 446 g/mol. The van der Waals surface area contributed by atoms with Crippen molar-refractivity contribution in [1.29, 1.82) is 0 Å². The van der Waals surface area contributed by atoms with Crippen LogP contribution in [0, 0.1) is 0 Å². The van der Waals surface area contributed by atoms with Gasteiger partial charge in [-0.15, -0.1) is 11.3 Å². The van der Waals surface area contributed by atoms with Crippen LogP contribution in [0.1, 0.15) is 46.5 Å². The highest BCUT2D eigenvalue weighted by Gasteiger charge is 2.27. The Labute approximate surface area is 181 Å². The Bertz CT molecular complexity index is 1180. The van der Waals surface area contributed by atoms with Crippen molar-refractivity contribution in [2.24, 2.45) is 5.73 Å². The van der Waals surface area contributed by atoms with Gasteiger partial charge >= 0.3 is 0 Å². The van der Waals surface area contributed by atoms with Crippen molar-refractivity contribution < 1.29 is 13.2 Å². The molecule has 1 fully saturated rings. The van der Waals surface area contributed by atoms with Crippen LogP contribution in [0.25, 0.3) is 22.0 Å². The van der Waals surface area contributed by atoms with Gasteiger partial charge in [0.15, 0.2) is 0 Å². The molecule has 3 heterocycles. The first-order valence-electron chi connectivity index (χ1n) is 10.2. The third-order valence-corrected chi connectivity index (χ3v) is 8.67. The van der Waals surface area contributed by atoms with Gasteiger partial charge in [-0.25, -0.2) is 8.42 Å². The third kappa shape index (κ3) is 4.17. The topological polar surface area (TPSA) is 96.3 Å². The van der Waals surface area contributed by atoms with Crippen molar-refractivity contribution in [2.75, 3.05) is 25.1 Å². The zero-order chi connectivity index (χ0) is 21.5. The normalized spacial score (nSPS) is 17.0. The molecule has 30 heavy (non-hydrogen) atoms. The Morgan fingerprint density at radius 1 is 1.23 bits per heavy atom. The van der Waals surface area contributed by atoms with E-state index >= 15 is 0 Å². The SMILES string of the molecule is CCN(C)Cc1cc(-c2cc(C(N)=O)c3[nH]cc(C4CCS(=O)(=O)CC4)c3c2)cs1. The standard InChI is InChI=1S/C22H27N3O3S2/c1-3-25(2)12-17-8-16(13-29-17)15-9-18-20(14-4-6-30(27,28)7-5-14)11-24-21(18)19(10-15)22(23)26/h8-11,13-14,24H,3-7,12H2,1-2H3,(H2,23,26). The van der Waals surface area contributed by atoms with E-state index in [9.17, 15) is 13.2 Å². The van der Waals surface area contributed by atoms with E-state index in [-0.39, 0.29) is 17.4 Å². The van der Waals surface area contributed by atoms with E-state index in [1.807, 2.05) is 12.3 Å². The van der Waals surface area contributed by atoms with Gasteiger partial charge in [-0.05, 0) is 72.6 Å².